The minimum Gasteiger partial charge on any atom is -0.339 e. The van der Waals surface area contributed by atoms with Crippen LogP contribution in [-0.2, 0) is 4.79 Å². The van der Waals surface area contributed by atoms with Gasteiger partial charge in [-0.2, -0.15) is 18.2 Å². The molecule has 6 rings (SSSR count). The molecule has 2 saturated heterocycles. The van der Waals surface area contributed by atoms with Gasteiger partial charge >= 0.3 is 6.18 Å². The highest BCUT2D eigenvalue weighted by molar-refractivity contribution is 5.95. The van der Waals surface area contributed by atoms with Crippen molar-refractivity contribution in [2.45, 2.75) is 50.2 Å². The van der Waals surface area contributed by atoms with E-state index in [2.05, 4.69) is 20.7 Å². The molecule has 2 amide bonds. The Morgan fingerprint density at radius 3 is 2.61 bits per heavy atom. The molecule has 12 heteroatoms. The number of alkyl halides is 3. The van der Waals surface area contributed by atoms with Crippen LogP contribution in [0.1, 0.15) is 54.4 Å². The van der Waals surface area contributed by atoms with Crippen LogP contribution in [0.15, 0.2) is 48.7 Å². The fourth-order valence-electron chi connectivity index (χ4n) is 6.03. The molecule has 0 saturated carbocycles. The first-order valence-electron chi connectivity index (χ1n) is 14.0. The summed E-state index contributed by atoms with van der Waals surface area (Å²) in [6, 6.07) is 11.1. The summed E-state index contributed by atoms with van der Waals surface area (Å²) in [5.74, 6) is -0.0580. The number of hydrogen-bond donors (Lipinski definition) is 2. The van der Waals surface area contributed by atoms with Crippen molar-refractivity contribution in [2.24, 2.45) is 0 Å². The lowest BCUT2D eigenvalue weighted by molar-refractivity contribution is -0.148. The largest absolute Gasteiger partial charge is 0.389 e. The van der Waals surface area contributed by atoms with E-state index in [0.717, 1.165) is 55.7 Å². The fraction of sp³-hybridized carbons (Fsp3) is 0.448. The molecule has 216 valence electrons. The first kappa shape index (κ1) is 27.3. The quantitative estimate of drug-likeness (QED) is 0.459. The van der Waals surface area contributed by atoms with Crippen LogP contribution in [0.3, 0.4) is 0 Å². The summed E-state index contributed by atoms with van der Waals surface area (Å²) in [7, 11) is 0. The Hall–Kier alpha value is -3.93. The summed E-state index contributed by atoms with van der Waals surface area (Å²) < 4.78 is 39.1. The number of amides is 2. The number of fused-ring (bicyclic) bond motifs is 1. The second kappa shape index (κ2) is 10.8. The first-order valence-corrected chi connectivity index (χ1v) is 14.0. The van der Waals surface area contributed by atoms with Crippen LogP contribution in [0.4, 0.5) is 24.8 Å². The highest BCUT2D eigenvalue weighted by Crippen LogP contribution is 2.31. The van der Waals surface area contributed by atoms with E-state index >= 15 is 0 Å². The van der Waals surface area contributed by atoms with E-state index < -0.39 is 24.9 Å². The average Bonchev–Trinajstić information content (AvgIpc) is 3.71. The van der Waals surface area contributed by atoms with Crippen molar-refractivity contribution < 1.29 is 22.8 Å². The van der Waals surface area contributed by atoms with Gasteiger partial charge in [0.2, 0.25) is 11.9 Å². The topological polar surface area (TPSA) is 94.9 Å². The molecular weight excluding hydrogens is 535 g/mol. The number of pyridine rings is 1. The molecule has 9 nitrogen and oxygen atoms in total. The number of hydrogen-bond acceptors (Lipinski definition) is 6. The molecule has 0 radical (unpaired) electrons. The molecule has 2 N–H and O–H groups in total. The van der Waals surface area contributed by atoms with Gasteiger partial charge in [-0.05, 0) is 74.2 Å². The highest BCUT2D eigenvalue weighted by Gasteiger charge is 2.41. The van der Waals surface area contributed by atoms with Gasteiger partial charge in [0, 0.05) is 61.1 Å². The number of anilines is 2. The smallest absolute Gasteiger partial charge is 0.339 e. The summed E-state index contributed by atoms with van der Waals surface area (Å²) >= 11 is 0. The maximum Gasteiger partial charge on any atom is 0.389 e. The number of nitrogens with zero attached hydrogens (tertiary/aromatic N) is 5. The standard InChI is InChI=1S/C29H32F3N7O2/c30-29(31,32)12-8-24(40)37-16-9-20(10-17-37)23-3-1-15-39-25(23)35-27(36-39)34-22-6-4-21(5-7-22)26(41)38-18-13-28(19-38)11-2-14-33-28/h1,3-7,9,15,33H,2,8,10-14,16-19H2,(H,34,36). The molecular formula is C29H32F3N7O2. The van der Waals surface area contributed by atoms with Crippen LogP contribution < -0.4 is 10.6 Å². The summed E-state index contributed by atoms with van der Waals surface area (Å²) in [5, 5.41) is 11.3. The van der Waals surface area contributed by atoms with Crippen molar-refractivity contribution in [3.8, 4) is 0 Å². The van der Waals surface area contributed by atoms with E-state index in [4.69, 9.17) is 0 Å². The van der Waals surface area contributed by atoms with Crippen LogP contribution in [-0.4, -0.2) is 80.7 Å². The number of carbonyl (C=O) groups is 2. The van der Waals surface area contributed by atoms with E-state index in [0.29, 0.717) is 30.1 Å². The number of aromatic nitrogens is 3. The second-order valence-electron chi connectivity index (χ2n) is 11.0. The number of halogens is 3. The van der Waals surface area contributed by atoms with Gasteiger partial charge in [0.15, 0.2) is 5.65 Å². The number of benzene rings is 1. The molecule has 2 fully saturated rings. The molecule has 41 heavy (non-hydrogen) atoms. The normalized spacial score (nSPS) is 21.1. The minimum absolute atomic E-state index is 0.0407. The van der Waals surface area contributed by atoms with E-state index in [1.54, 1.807) is 10.7 Å². The molecule has 3 aliphatic rings. The van der Waals surface area contributed by atoms with Gasteiger partial charge in [-0.3, -0.25) is 9.59 Å². The Morgan fingerprint density at radius 1 is 1.07 bits per heavy atom. The Labute approximate surface area is 235 Å². The predicted molar refractivity (Wildman–Crippen MR) is 148 cm³/mol. The lowest BCUT2D eigenvalue weighted by Gasteiger charge is -2.27. The molecule has 0 bridgehead atoms. The third-order valence-electron chi connectivity index (χ3n) is 8.25. The monoisotopic (exact) mass is 567 g/mol. The van der Waals surface area contributed by atoms with Gasteiger partial charge in [0.1, 0.15) is 0 Å². The molecule has 1 aromatic carbocycles. The Bertz CT molecular complexity index is 1480. The van der Waals surface area contributed by atoms with Crippen molar-refractivity contribution in [1.29, 1.82) is 0 Å². The van der Waals surface area contributed by atoms with Crippen LogP contribution >= 0.6 is 0 Å². The summed E-state index contributed by atoms with van der Waals surface area (Å²) in [6.45, 7) is 3.14. The van der Waals surface area contributed by atoms with Crippen molar-refractivity contribution in [3.05, 3.63) is 59.8 Å². The van der Waals surface area contributed by atoms with E-state index in [9.17, 15) is 22.8 Å². The minimum atomic E-state index is -4.34. The van der Waals surface area contributed by atoms with E-state index in [1.807, 2.05) is 47.4 Å². The third kappa shape index (κ3) is 5.92. The molecule has 3 aromatic rings. The van der Waals surface area contributed by atoms with Gasteiger partial charge in [-0.15, -0.1) is 5.10 Å². The van der Waals surface area contributed by atoms with E-state index in [-0.39, 0.29) is 18.0 Å². The van der Waals surface area contributed by atoms with Gasteiger partial charge in [0.05, 0.1) is 6.42 Å². The predicted octanol–water partition coefficient (Wildman–Crippen LogP) is 4.40. The maximum atomic E-state index is 13.1. The molecule has 0 aliphatic carbocycles. The Kier molecular flexibility index (Phi) is 7.18. The maximum absolute atomic E-state index is 13.1. The Morgan fingerprint density at radius 2 is 1.90 bits per heavy atom. The Balaban J connectivity index is 1.10. The van der Waals surface area contributed by atoms with Crippen LogP contribution in [0.5, 0.6) is 0 Å². The average molecular weight is 568 g/mol. The number of carbonyl (C=O) groups excluding carboxylic acids is 2. The van der Waals surface area contributed by atoms with Crippen molar-refractivity contribution in [2.75, 3.05) is 38.0 Å². The second-order valence-corrected chi connectivity index (χ2v) is 11.0. The van der Waals surface area contributed by atoms with Crippen LogP contribution in [0.2, 0.25) is 0 Å². The van der Waals surface area contributed by atoms with Gasteiger partial charge in [-0.1, -0.05) is 6.08 Å². The highest BCUT2D eigenvalue weighted by atomic mass is 19.4. The lowest BCUT2D eigenvalue weighted by atomic mass is 9.97. The SMILES string of the molecule is O=C(CCC(F)(F)F)N1CC=C(c2cccn3nc(Nc4ccc(C(=O)N5CCC6(CCCN6)C5)cc4)nc23)CC1. The summed E-state index contributed by atoms with van der Waals surface area (Å²) in [6.07, 6.45) is 1.46. The van der Waals surface area contributed by atoms with Crippen molar-refractivity contribution in [1.82, 2.24) is 29.7 Å². The molecule has 1 unspecified atom stereocenters. The molecule has 2 aromatic heterocycles. The molecule has 1 spiro atoms. The number of rotatable bonds is 6. The zero-order valence-corrected chi connectivity index (χ0v) is 22.6. The number of nitrogens with one attached hydrogen (secondary N) is 2. The van der Waals surface area contributed by atoms with Crippen LogP contribution in [0.25, 0.3) is 11.2 Å². The summed E-state index contributed by atoms with van der Waals surface area (Å²) in [4.78, 5) is 33.3. The summed E-state index contributed by atoms with van der Waals surface area (Å²) in [5.41, 5.74) is 3.94. The molecule has 3 aliphatic heterocycles. The van der Waals surface area contributed by atoms with Crippen LogP contribution in [0, 0.1) is 0 Å². The molecule has 5 heterocycles. The fourth-order valence-corrected chi connectivity index (χ4v) is 6.03. The van der Waals surface area contributed by atoms with Gasteiger partial charge < -0.3 is 20.4 Å². The van der Waals surface area contributed by atoms with Crippen molar-refractivity contribution >= 4 is 34.7 Å². The third-order valence-corrected chi connectivity index (χ3v) is 8.25. The van der Waals surface area contributed by atoms with Gasteiger partial charge in [0.25, 0.3) is 5.91 Å². The molecule has 1 atom stereocenters. The van der Waals surface area contributed by atoms with Crippen molar-refractivity contribution in [3.63, 3.8) is 0 Å². The van der Waals surface area contributed by atoms with E-state index in [1.165, 1.54) is 4.90 Å². The van der Waals surface area contributed by atoms with Gasteiger partial charge in [-0.25, -0.2) is 4.52 Å². The lowest BCUT2D eigenvalue weighted by Crippen LogP contribution is -2.43. The zero-order chi connectivity index (χ0) is 28.6. The zero-order valence-electron chi connectivity index (χ0n) is 22.6. The first-order chi connectivity index (χ1) is 19.7. The number of likely N-dealkylation sites (tertiary alicyclic amines) is 1.